The molecule has 0 aliphatic carbocycles. The number of amides is 2. The molecule has 3 aromatic rings. The number of nitrogens with one attached hydrogen (secondary N) is 2. The summed E-state index contributed by atoms with van der Waals surface area (Å²) < 4.78 is 6.79. The summed E-state index contributed by atoms with van der Waals surface area (Å²) in [6.07, 6.45) is 0.0205. The molecule has 3 rings (SSSR count). The van der Waals surface area contributed by atoms with Crippen LogP contribution in [0.3, 0.4) is 0 Å². The van der Waals surface area contributed by atoms with Crippen LogP contribution in [0.4, 0.5) is 16.3 Å². The normalized spacial score (nSPS) is 14.5. The number of anilines is 2. The number of aliphatic hydroxyl groups excluding tert-OH is 2. The molecule has 12 heteroatoms. The third-order valence-electron chi connectivity index (χ3n) is 6.16. The van der Waals surface area contributed by atoms with E-state index in [1.54, 1.807) is 0 Å². The van der Waals surface area contributed by atoms with Gasteiger partial charge < -0.3 is 36.2 Å². The highest BCUT2D eigenvalue weighted by atomic mass is 16.5. The summed E-state index contributed by atoms with van der Waals surface area (Å²) >= 11 is 0. The van der Waals surface area contributed by atoms with E-state index in [1.807, 2.05) is 36.2 Å². The minimum atomic E-state index is -1.35. The van der Waals surface area contributed by atoms with E-state index in [1.165, 1.54) is 29.9 Å². The van der Waals surface area contributed by atoms with Crippen molar-refractivity contribution < 1.29 is 19.7 Å². The van der Waals surface area contributed by atoms with Crippen molar-refractivity contribution in [1.82, 2.24) is 29.7 Å². The Morgan fingerprint density at radius 3 is 2.54 bits per heavy atom. The number of hydrogen-bond acceptors (Lipinski definition) is 9. The summed E-state index contributed by atoms with van der Waals surface area (Å²) in [6.45, 7) is 7.89. The Hall–Kier alpha value is -3.32. The van der Waals surface area contributed by atoms with Gasteiger partial charge >= 0.3 is 6.03 Å². The van der Waals surface area contributed by atoms with E-state index in [4.69, 9.17) is 10.5 Å². The third kappa shape index (κ3) is 7.35. The van der Waals surface area contributed by atoms with Crippen LogP contribution in [-0.2, 0) is 10.2 Å². The summed E-state index contributed by atoms with van der Waals surface area (Å²) in [5, 5.41) is 27.2. The van der Waals surface area contributed by atoms with E-state index in [9.17, 15) is 15.0 Å². The maximum Gasteiger partial charge on any atom is 0.319 e. The number of nitrogens with two attached hydrogens (primary N) is 1. The van der Waals surface area contributed by atoms with E-state index in [-0.39, 0.29) is 17.3 Å². The minimum Gasteiger partial charge on any atom is -0.386 e. The Bertz CT molecular complexity index is 1160. The molecule has 202 valence electrons. The zero-order valence-electron chi connectivity index (χ0n) is 22.0. The molecule has 12 nitrogen and oxygen atoms in total. The Morgan fingerprint density at radius 2 is 1.89 bits per heavy atom. The third-order valence-corrected chi connectivity index (χ3v) is 6.16. The van der Waals surface area contributed by atoms with Crippen LogP contribution in [0.15, 0.2) is 36.9 Å². The molecule has 0 fully saturated rings. The standard InChI is InChI=1S/C25H38N8O4/c1-25(2,3)16-7-9-17(10-8-16)31-24(36)27-11-6-12-32(4)13-18(37-5)20(34)23(35)33-15-30-19-21(26)28-14-29-22(19)33/h7-10,14-15,18,20,23,34-35H,6,11-13H2,1-5H3,(H2,26,28,29)(H2,27,31,36)/t18?,20-,23-/m1/s1. The quantitative estimate of drug-likeness (QED) is 0.240. The van der Waals surface area contributed by atoms with Gasteiger partial charge in [-0.3, -0.25) is 4.57 Å². The number of likely N-dealkylation sites (N-methyl/N-ethyl adjacent to an activating group) is 1. The Balaban J connectivity index is 1.43. The van der Waals surface area contributed by atoms with Crippen molar-refractivity contribution in [3.8, 4) is 0 Å². The van der Waals surface area contributed by atoms with Gasteiger partial charge in [0, 0.05) is 25.9 Å². The van der Waals surface area contributed by atoms with E-state index >= 15 is 0 Å². The van der Waals surface area contributed by atoms with Crippen LogP contribution < -0.4 is 16.4 Å². The molecular weight excluding hydrogens is 476 g/mol. The average Bonchev–Trinajstić information content (AvgIpc) is 3.29. The lowest BCUT2D eigenvalue weighted by Gasteiger charge is -2.29. The number of ether oxygens (including phenoxy) is 1. The fourth-order valence-electron chi connectivity index (χ4n) is 3.92. The molecule has 6 N–H and O–H groups in total. The van der Waals surface area contributed by atoms with Crippen LogP contribution in [0.5, 0.6) is 0 Å². The zero-order valence-corrected chi connectivity index (χ0v) is 22.0. The van der Waals surface area contributed by atoms with Crippen molar-refractivity contribution >= 4 is 28.7 Å². The highest BCUT2D eigenvalue weighted by Gasteiger charge is 2.30. The zero-order chi connectivity index (χ0) is 27.2. The summed E-state index contributed by atoms with van der Waals surface area (Å²) in [5.41, 5.74) is 8.45. The number of rotatable bonds is 11. The molecule has 1 aromatic carbocycles. The van der Waals surface area contributed by atoms with Crippen LogP contribution in [-0.4, -0.2) is 86.7 Å². The van der Waals surface area contributed by atoms with Crippen molar-refractivity contribution in [1.29, 1.82) is 0 Å². The number of methoxy groups -OCH3 is 1. The van der Waals surface area contributed by atoms with Crippen molar-refractivity contribution in [2.24, 2.45) is 0 Å². The Labute approximate surface area is 216 Å². The van der Waals surface area contributed by atoms with Crippen molar-refractivity contribution in [3.63, 3.8) is 0 Å². The molecule has 0 radical (unpaired) electrons. The fourth-order valence-corrected chi connectivity index (χ4v) is 3.92. The monoisotopic (exact) mass is 514 g/mol. The van der Waals surface area contributed by atoms with Gasteiger partial charge in [-0.15, -0.1) is 0 Å². The van der Waals surface area contributed by atoms with Crippen molar-refractivity contribution in [2.75, 3.05) is 44.8 Å². The first-order chi connectivity index (χ1) is 17.5. The second-order valence-electron chi connectivity index (χ2n) is 10.1. The van der Waals surface area contributed by atoms with E-state index in [0.717, 1.165) is 5.69 Å². The first kappa shape index (κ1) is 28.3. The maximum atomic E-state index is 12.2. The van der Waals surface area contributed by atoms with Crippen LogP contribution in [0.25, 0.3) is 11.2 Å². The van der Waals surface area contributed by atoms with Gasteiger partial charge in [-0.1, -0.05) is 32.9 Å². The number of nitrogens with zero attached hydrogens (tertiary/aromatic N) is 5. The van der Waals surface area contributed by atoms with Gasteiger partial charge in [-0.2, -0.15) is 0 Å². The van der Waals surface area contributed by atoms with Crippen LogP contribution in [0.2, 0.25) is 0 Å². The molecular formula is C25H38N8O4. The highest BCUT2D eigenvalue weighted by Crippen LogP contribution is 2.24. The van der Waals surface area contributed by atoms with Crippen LogP contribution in [0.1, 0.15) is 39.0 Å². The summed E-state index contributed by atoms with van der Waals surface area (Å²) in [5.74, 6) is 0.189. The largest absolute Gasteiger partial charge is 0.386 e. The number of imidazole rings is 1. The molecule has 1 unspecified atom stereocenters. The lowest BCUT2D eigenvalue weighted by atomic mass is 9.87. The van der Waals surface area contributed by atoms with Gasteiger partial charge in [-0.25, -0.2) is 19.7 Å². The highest BCUT2D eigenvalue weighted by molar-refractivity contribution is 5.89. The van der Waals surface area contributed by atoms with Gasteiger partial charge in [0.05, 0.1) is 6.33 Å². The summed E-state index contributed by atoms with van der Waals surface area (Å²) in [6, 6.07) is 7.55. The van der Waals surface area contributed by atoms with Crippen LogP contribution in [0, 0.1) is 0 Å². The molecule has 0 saturated carbocycles. The van der Waals surface area contributed by atoms with Gasteiger partial charge in [0.1, 0.15) is 24.1 Å². The predicted octanol–water partition coefficient (Wildman–Crippen LogP) is 1.72. The number of aliphatic hydroxyl groups is 2. The lowest BCUT2D eigenvalue weighted by Crippen LogP contribution is -2.43. The number of carbonyl (C=O) groups excluding carboxylic acids is 1. The van der Waals surface area contributed by atoms with Gasteiger partial charge in [0.2, 0.25) is 0 Å². The van der Waals surface area contributed by atoms with E-state index < -0.39 is 18.4 Å². The predicted molar refractivity (Wildman–Crippen MR) is 142 cm³/mol. The average molecular weight is 515 g/mol. The molecule has 3 atom stereocenters. The fraction of sp³-hybridized carbons (Fsp3) is 0.520. The lowest BCUT2D eigenvalue weighted by molar-refractivity contribution is -0.108. The topological polar surface area (TPSA) is 164 Å². The van der Waals surface area contributed by atoms with Gasteiger partial charge in [-0.05, 0) is 43.1 Å². The maximum absolute atomic E-state index is 12.2. The molecule has 0 aliphatic rings. The SMILES string of the molecule is COC(CN(C)CCCNC(=O)Nc1ccc(C(C)(C)C)cc1)[C@@H](O)[C@@H](O)n1cnc2c(N)ncnc21. The van der Waals surface area contributed by atoms with E-state index in [0.29, 0.717) is 37.2 Å². The molecule has 0 spiro atoms. The molecule has 37 heavy (non-hydrogen) atoms. The number of fused-ring (bicyclic) bond motifs is 1. The smallest absolute Gasteiger partial charge is 0.319 e. The van der Waals surface area contributed by atoms with Crippen molar-refractivity contribution in [2.45, 2.75) is 51.0 Å². The molecule has 2 heterocycles. The Kier molecular flexibility index (Phi) is 9.38. The van der Waals surface area contributed by atoms with Crippen molar-refractivity contribution in [3.05, 3.63) is 42.5 Å². The molecule has 0 saturated heterocycles. The number of aromatic nitrogens is 4. The molecule has 2 amide bonds. The van der Waals surface area contributed by atoms with Crippen LogP contribution >= 0.6 is 0 Å². The van der Waals surface area contributed by atoms with Gasteiger partial charge in [0.25, 0.3) is 0 Å². The van der Waals surface area contributed by atoms with Gasteiger partial charge in [0.15, 0.2) is 17.7 Å². The second kappa shape index (κ2) is 12.3. The number of carbonyl (C=O) groups is 1. The summed E-state index contributed by atoms with van der Waals surface area (Å²) in [4.78, 5) is 26.3. The second-order valence-corrected chi connectivity index (χ2v) is 10.1. The first-order valence-electron chi connectivity index (χ1n) is 12.2. The Morgan fingerprint density at radius 1 is 1.19 bits per heavy atom. The minimum absolute atomic E-state index is 0.0557. The number of nitrogen functional groups attached to an aromatic ring is 1. The number of urea groups is 1. The number of benzene rings is 1. The summed E-state index contributed by atoms with van der Waals surface area (Å²) in [7, 11) is 3.35. The van der Waals surface area contributed by atoms with E-state index in [2.05, 4.69) is 46.4 Å². The molecule has 2 aromatic heterocycles. The molecule has 0 aliphatic heterocycles. The first-order valence-corrected chi connectivity index (χ1v) is 12.2. The molecule has 0 bridgehead atoms. The number of hydrogen-bond donors (Lipinski definition) is 5.